The van der Waals surface area contributed by atoms with Crippen molar-refractivity contribution in [2.45, 2.75) is 18.7 Å². The number of nitrogens with one attached hydrogen (secondary N) is 1. The normalized spacial score (nSPS) is 11.3. The Morgan fingerprint density at radius 3 is 2.35 bits per heavy atom. The van der Waals surface area contributed by atoms with Gasteiger partial charge < -0.3 is 0 Å². The molecule has 3 aromatic rings. The molecule has 0 aliphatic heterocycles. The number of carbonyl (C=O) groups excluding carboxylic acids is 1. The molecule has 1 aromatic heterocycles. The van der Waals surface area contributed by atoms with Gasteiger partial charge in [0.25, 0.3) is 5.91 Å². The Hall–Kier alpha value is -2.51. The molecule has 0 saturated carbocycles. The summed E-state index contributed by atoms with van der Waals surface area (Å²) in [6, 6.07) is 13.9. The third kappa shape index (κ3) is 4.00. The Morgan fingerprint density at radius 1 is 1.08 bits per heavy atom. The maximum absolute atomic E-state index is 12.3. The first-order valence-electron chi connectivity index (χ1n) is 8.06. The first kappa shape index (κ1) is 18.3. The van der Waals surface area contributed by atoms with E-state index in [4.69, 9.17) is 0 Å². The largest absolute Gasteiger partial charge is 0.298 e. The average molecular weight is 386 g/mol. The van der Waals surface area contributed by atoms with Gasteiger partial charge in [-0.15, -0.1) is 11.3 Å². The lowest BCUT2D eigenvalue weighted by Crippen LogP contribution is -2.12. The van der Waals surface area contributed by atoms with Crippen LogP contribution < -0.4 is 5.32 Å². The minimum absolute atomic E-state index is 0.0272. The topological polar surface area (TPSA) is 76.1 Å². The Balaban J connectivity index is 1.73. The van der Waals surface area contributed by atoms with Crippen LogP contribution in [0.2, 0.25) is 0 Å². The molecule has 0 unspecified atom stereocenters. The van der Waals surface area contributed by atoms with Gasteiger partial charge in [0.1, 0.15) is 0 Å². The molecule has 1 N–H and O–H groups in total. The van der Waals surface area contributed by atoms with Crippen LogP contribution in [0, 0.1) is 6.92 Å². The summed E-state index contributed by atoms with van der Waals surface area (Å²) in [5, 5.41) is 5.13. The summed E-state index contributed by atoms with van der Waals surface area (Å²) in [6.45, 7) is 3.61. The van der Waals surface area contributed by atoms with Crippen molar-refractivity contribution in [3.05, 3.63) is 65.0 Å². The lowest BCUT2D eigenvalue weighted by molar-refractivity contribution is 0.102. The SMILES string of the molecule is CCS(=O)(=O)c1ccc(C(=O)Nc2nc(-c3ccc(C)cc3)cs2)cc1. The Morgan fingerprint density at radius 2 is 1.73 bits per heavy atom. The van der Waals surface area contributed by atoms with Crippen molar-refractivity contribution in [1.29, 1.82) is 0 Å². The summed E-state index contributed by atoms with van der Waals surface area (Å²) in [5.74, 6) is -0.297. The number of benzene rings is 2. The molecule has 5 nitrogen and oxygen atoms in total. The number of hydrogen-bond acceptors (Lipinski definition) is 5. The molecule has 0 aliphatic rings. The summed E-state index contributed by atoms with van der Waals surface area (Å²) in [4.78, 5) is 17.0. The van der Waals surface area contributed by atoms with Gasteiger partial charge in [-0.2, -0.15) is 0 Å². The molecule has 3 rings (SSSR count). The highest BCUT2D eigenvalue weighted by Crippen LogP contribution is 2.25. The van der Waals surface area contributed by atoms with Crippen molar-refractivity contribution in [3.63, 3.8) is 0 Å². The minimum Gasteiger partial charge on any atom is -0.298 e. The zero-order valence-electron chi connectivity index (χ0n) is 14.4. The third-order valence-electron chi connectivity index (χ3n) is 3.93. The monoisotopic (exact) mass is 386 g/mol. The van der Waals surface area contributed by atoms with Gasteiger partial charge in [0.2, 0.25) is 0 Å². The number of aryl methyl sites for hydroxylation is 1. The Labute approximate surface area is 156 Å². The number of carbonyl (C=O) groups is 1. The maximum Gasteiger partial charge on any atom is 0.257 e. The fraction of sp³-hybridized carbons (Fsp3) is 0.158. The number of amides is 1. The van der Waals surface area contributed by atoms with Crippen molar-refractivity contribution < 1.29 is 13.2 Å². The summed E-state index contributed by atoms with van der Waals surface area (Å²) in [7, 11) is -3.27. The molecule has 134 valence electrons. The van der Waals surface area contributed by atoms with Crippen LogP contribution in [-0.4, -0.2) is 25.1 Å². The standard InChI is InChI=1S/C19H18N2O3S2/c1-3-26(23,24)16-10-8-15(9-11-16)18(22)21-19-20-17(12-25-19)14-6-4-13(2)5-7-14/h4-12H,3H2,1-2H3,(H,20,21,22). The molecule has 1 amide bonds. The van der Waals surface area contributed by atoms with Crippen molar-refractivity contribution >= 4 is 32.2 Å². The van der Waals surface area contributed by atoms with Gasteiger partial charge >= 0.3 is 0 Å². The highest BCUT2D eigenvalue weighted by molar-refractivity contribution is 7.91. The van der Waals surface area contributed by atoms with E-state index in [1.54, 1.807) is 6.92 Å². The van der Waals surface area contributed by atoms with E-state index in [0.717, 1.165) is 11.3 Å². The first-order chi connectivity index (χ1) is 12.4. The number of rotatable bonds is 5. The lowest BCUT2D eigenvalue weighted by atomic mass is 10.1. The van der Waals surface area contributed by atoms with Crippen LogP contribution in [0.15, 0.2) is 58.8 Å². The van der Waals surface area contributed by atoms with Crippen molar-refractivity contribution in [3.8, 4) is 11.3 Å². The van der Waals surface area contributed by atoms with E-state index in [1.807, 2.05) is 36.6 Å². The van der Waals surface area contributed by atoms with Crippen LogP contribution in [0.25, 0.3) is 11.3 Å². The molecule has 0 fully saturated rings. The molecule has 0 radical (unpaired) electrons. The molecule has 0 saturated heterocycles. The van der Waals surface area contributed by atoms with E-state index < -0.39 is 9.84 Å². The minimum atomic E-state index is -3.27. The fourth-order valence-corrected chi connectivity index (χ4v) is 3.94. The molecule has 26 heavy (non-hydrogen) atoms. The second-order valence-corrected chi connectivity index (χ2v) is 8.92. The predicted octanol–water partition coefficient (Wildman–Crippen LogP) is 4.16. The average Bonchev–Trinajstić information content (AvgIpc) is 3.11. The molecular formula is C19H18N2O3S2. The number of sulfone groups is 1. The van der Waals surface area contributed by atoms with Gasteiger partial charge in [-0.3, -0.25) is 10.1 Å². The van der Waals surface area contributed by atoms with Crippen molar-refractivity contribution in [2.24, 2.45) is 0 Å². The van der Waals surface area contributed by atoms with Gasteiger partial charge in [0, 0.05) is 16.5 Å². The number of anilines is 1. The van der Waals surface area contributed by atoms with Gasteiger partial charge in [0.15, 0.2) is 15.0 Å². The number of nitrogens with zero attached hydrogens (tertiary/aromatic N) is 1. The smallest absolute Gasteiger partial charge is 0.257 e. The third-order valence-corrected chi connectivity index (χ3v) is 6.44. The van der Waals surface area contributed by atoms with Gasteiger partial charge in [-0.1, -0.05) is 36.8 Å². The van der Waals surface area contributed by atoms with Crippen molar-refractivity contribution in [1.82, 2.24) is 4.98 Å². The van der Waals surface area contributed by atoms with Gasteiger partial charge in [-0.25, -0.2) is 13.4 Å². The number of aromatic nitrogens is 1. The molecule has 7 heteroatoms. The Kier molecular flexibility index (Phi) is 5.20. The number of hydrogen-bond donors (Lipinski definition) is 1. The van der Waals surface area contributed by atoms with Crippen LogP contribution in [0.4, 0.5) is 5.13 Å². The summed E-state index contributed by atoms with van der Waals surface area (Å²) < 4.78 is 23.6. The molecule has 1 heterocycles. The zero-order chi connectivity index (χ0) is 18.7. The van der Waals surface area contributed by atoms with Gasteiger partial charge in [0.05, 0.1) is 16.3 Å². The second-order valence-electron chi connectivity index (χ2n) is 5.79. The summed E-state index contributed by atoms with van der Waals surface area (Å²) >= 11 is 1.34. The predicted molar refractivity (Wildman–Crippen MR) is 104 cm³/mol. The van der Waals surface area contributed by atoms with E-state index in [9.17, 15) is 13.2 Å². The van der Waals surface area contributed by atoms with E-state index in [0.29, 0.717) is 10.7 Å². The van der Waals surface area contributed by atoms with Crippen LogP contribution >= 0.6 is 11.3 Å². The first-order valence-corrected chi connectivity index (χ1v) is 10.6. The number of thiazole rings is 1. The Bertz CT molecular complexity index is 1020. The van der Waals surface area contributed by atoms with Crippen LogP contribution in [0.3, 0.4) is 0 Å². The molecule has 0 bridgehead atoms. The molecule has 0 spiro atoms. The maximum atomic E-state index is 12.3. The highest BCUT2D eigenvalue weighted by atomic mass is 32.2. The molecule has 0 atom stereocenters. The molecular weight excluding hydrogens is 368 g/mol. The molecule has 0 aliphatic carbocycles. The van der Waals surface area contributed by atoms with E-state index >= 15 is 0 Å². The van der Waals surface area contributed by atoms with Gasteiger partial charge in [-0.05, 0) is 31.2 Å². The summed E-state index contributed by atoms with van der Waals surface area (Å²) in [6.07, 6.45) is 0. The van der Waals surface area contributed by atoms with E-state index in [-0.39, 0.29) is 16.6 Å². The summed E-state index contributed by atoms with van der Waals surface area (Å²) in [5.41, 5.74) is 3.34. The molecule has 2 aromatic carbocycles. The fourth-order valence-electron chi connectivity index (χ4n) is 2.34. The van der Waals surface area contributed by atoms with E-state index in [1.165, 1.54) is 41.2 Å². The zero-order valence-corrected chi connectivity index (χ0v) is 16.0. The van der Waals surface area contributed by atoms with Crippen LogP contribution in [0.1, 0.15) is 22.8 Å². The quantitative estimate of drug-likeness (QED) is 0.714. The lowest BCUT2D eigenvalue weighted by Gasteiger charge is -2.04. The van der Waals surface area contributed by atoms with Crippen LogP contribution in [0.5, 0.6) is 0 Å². The highest BCUT2D eigenvalue weighted by Gasteiger charge is 2.14. The van der Waals surface area contributed by atoms with Crippen molar-refractivity contribution in [2.75, 3.05) is 11.1 Å². The second kappa shape index (κ2) is 7.39. The van der Waals surface area contributed by atoms with E-state index in [2.05, 4.69) is 10.3 Å². The van der Waals surface area contributed by atoms with Crippen LogP contribution in [-0.2, 0) is 9.84 Å².